The predicted molar refractivity (Wildman–Crippen MR) is 343 cm³/mol. The Labute approximate surface area is 474 Å². The Bertz CT molecular complexity index is 4430. The monoisotopic (exact) mass is 1030 g/mol. The summed E-state index contributed by atoms with van der Waals surface area (Å²) >= 11 is 0. The molecule has 12 aromatic rings. The first-order valence-electron chi connectivity index (χ1n) is 28.1. The molecule has 1 aliphatic carbocycles. The Kier molecular flexibility index (Phi) is 11.8. The molecule has 0 saturated heterocycles. The Balaban J connectivity index is 1.14. The summed E-state index contributed by atoms with van der Waals surface area (Å²) in [4.78, 5) is 10.3. The fourth-order valence-corrected chi connectivity index (χ4v) is 13.1. The van der Waals surface area contributed by atoms with E-state index in [1.807, 2.05) is 0 Å². The first-order chi connectivity index (χ1) is 40.1. The van der Waals surface area contributed by atoms with Crippen molar-refractivity contribution in [2.45, 2.75) is 19.8 Å². The molecule has 4 nitrogen and oxygen atoms in total. The molecule has 0 atom stereocenters. The number of hydrogen-bond acceptors (Lipinski definition) is 3. The number of para-hydroxylation sites is 2. The lowest BCUT2D eigenvalue weighted by atomic mass is 9.33. The van der Waals surface area contributed by atoms with E-state index in [-0.39, 0.29) is 6.71 Å². The summed E-state index contributed by atoms with van der Waals surface area (Å²) in [5, 5.41) is 2.41. The van der Waals surface area contributed by atoms with Crippen LogP contribution in [0.2, 0.25) is 0 Å². The van der Waals surface area contributed by atoms with E-state index >= 15 is 0 Å². The minimum atomic E-state index is -0.183. The van der Waals surface area contributed by atoms with Crippen LogP contribution in [0, 0.1) is 0 Å². The van der Waals surface area contributed by atoms with Crippen LogP contribution in [0.5, 0.6) is 0 Å². The van der Waals surface area contributed by atoms with Crippen LogP contribution in [0.1, 0.15) is 25.3 Å². The molecule has 0 N–H and O–H groups in total. The van der Waals surface area contributed by atoms with Crippen molar-refractivity contribution < 1.29 is 0 Å². The van der Waals surface area contributed by atoms with Crippen molar-refractivity contribution >= 4 is 78.9 Å². The number of benzene rings is 10. The molecule has 0 unspecified atom stereocenters. The maximum Gasteiger partial charge on any atom is 0.252 e. The average molecular weight is 1040 g/mol. The molecule has 3 aliphatic rings. The van der Waals surface area contributed by atoms with Gasteiger partial charge in [0, 0.05) is 57.0 Å². The summed E-state index contributed by atoms with van der Waals surface area (Å²) < 4.78 is 2.50. The summed E-state index contributed by atoms with van der Waals surface area (Å²) in [7, 11) is 0. The fraction of sp³-hybridized carbons (Fsp3) is 0.0395. The summed E-state index contributed by atoms with van der Waals surface area (Å²) in [5.74, 6) is 0. The zero-order valence-corrected chi connectivity index (χ0v) is 45.0. The summed E-state index contributed by atoms with van der Waals surface area (Å²) in [6, 6.07) is 91.4. The molecule has 0 bridgehead atoms. The fourth-order valence-electron chi connectivity index (χ4n) is 13.1. The molecule has 2 aliphatic heterocycles. The van der Waals surface area contributed by atoms with Gasteiger partial charge < -0.3 is 14.4 Å². The maximum absolute atomic E-state index is 5.14. The number of fused-ring (bicyclic) bond motifs is 7. The third kappa shape index (κ3) is 8.03. The van der Waals surface area contributed by atoms with Crippen LogP contribution in [0.4, 0.5) is 28.4 Å². The Hall–Kier alpha value is -10.2. The molecule has 0 amide bonds. The van der Waals surface area contributed by atoms with Gasteiger partial charge in [-0.05, 0) is 128 Å². The quantitative estimate of drug-likeness (QED) is 0.101. The molecule has 4 heterocycles. The van der Waals surface area contributed by atoms with Gasteiger partial charge >= 0.3 is 0 Å². The highest BCUT2D eigenvalue weighted by molar-refractivity contribution is 7.00. The van der Waals surface area contributed by atoms with Gasteiger partial charge in [0.15, 0.2) is 0 Å². The van der Waals surface area contributed by atoms with Crippen molar-refractivity contribution in [2.24, 2.45) is 0 Å². The highest BCUT2D eigenvalue weighted by atomic mass is 15.2. The maximum atomic E-state index is 5.14. The molecule has 0 radical (unpaired) electrons. The highest BCUT2D eigenvalue weighted by Crippen LogP contribution is 2.52. The van der Waals surface area contributed by atoms with Gasteiger partial charge in [0.2, 0.25) is 0 Å². The lowest BCUT2D eigenvalue weighted by molar-refractivity contribution is 1.02. The van der Waals surface area contributed by atoms with Gasteiger partial charge in [-0.3, -0.25) is 4.98 Å². The molecule has 5 heteroatoms. The molecule has 0 saturated carbocycles. The number of pyridine rings is 1. The first-order valence-corrected chi connectivity index (χ1v) is 28.1. The Morgan fingerprint density at radius 3 is 1.52 bits per heavy atom. The molecule has 0 spiro atoms. The minimum Gasteiger partial charge on any atom is -0.310 e. The first kappa shape index (κ1) is 47.9. The number of nitrogens with zero attached hydrogens (tertiary/aromatic N) is 4. The zero-order chi connectivity index (χ0) is 54.0. The summed E-state index contributed by atoms with van der Waals surface area (Å²) in [6.07, 6.45) is 13.1. The van der Waals surface area contributed by atoms with Gasteiger partial charge in [-0.15, -0.1) is 0 Å². The number of anilines is 5. The van der Waals surface area contributed by atoms with Crippen molar-refractivity contribution in [3.63, 3.8) is 0 Å². The third-order valence-corrected chi connectivity index (χ3v) is 16.8. The van der Waals surface area contributed by atoms with Crippen molar-refractivity contribution in [3.05, 3.63) is 308 Å². The van der Waals surface area contributed by atoms with Gasteiger partial charge in [-0.25, -0.2) is 0 Å². The topological polar surface area (TPSA) is 24.3 Å². The minimum absolute atomic E-state index is 0.183. The molecular weight excluding hydrogens is 980 g/mol. The van der Waals surface area contributed by atoms with Crippen molar-refractivity contribution in [1.29, 1.82) is 0 Å². The molecule has 15 rings (SSSR count). The van der Waals surface area contributed by atoms with Crippen LogP contribution in [-0.4, -0.2) is 16.3 Å². The van der Waals surface area contributed by atoms with Crippen molar-refractivity contribution in [3.8, 4) is 50.2 Å². The SMILES string of the molecule is C=C(C1=CCCC=C1)/C(=C(\C)c1ccccc1)N1c2cc(-c3ccccc3)ccc2B2c3ccc(-c4ccccc4)cc3N(c3c(-c4ccccc4)cncc3-c3ccccc3)c3cc(-n4c5ccccc5c5ccccc54)cc1c32. The largest absolute Gasteiger partial charge is 0.310 e. The van der Waals surface area contributed by atoms with Gasteiger partial charge in [-0.1, -0.05) is 237 Å². The van der Waals surface area contributed by atoms with Gasteiger partial charge in [0.25, 0.3) is 6.71 Å². The van der Waals surface area contributed by atoms with E-state index in [9.17, 15) is 0 Å². The second-order valence-corrected chi connectivity index (χ2v) is 21.4. The van der Waals surface area contributed by atoms with Gasteiger partial charge in [0.05, 0.1) is 28.1 Å². The molecule has 81 heavy (non-hydrogen) atoms. The smallest absolute Gasteiger partial charge is 0.252 e. The van der Waals surface area contributed by atoms with Crippen molar-refractivity contribution in [2.75, 3.05) is 9.80 Å². The van der Waals surface area contributed by atoms with E-state index in [1.54, 1.807) is 0 Å². The second-order valence-electron chi connectivity index (χ2n) is 21.4. The van der Waals surface area contributed by atoms with Gasteiger partial charge in [0.1, 0.15) is 0 Å². The van der Waals surface area contributed by atoms with E-state index < -0.39 is 0 Å². The molecule has 10 aromatic carbocycles. The normalized spacial score (nSPS) is 13.6. The van der Waals surface area contributed by atoms with Gasteiger partial charge in [-0.2, -0.15) is 0 Å². The van der Waals surface area contributed by atoms with E-state index in [4.69, 9.17) is 11.6 Å². The molecular formula is C76H55BN4. The predicted octanol–water partition coefficient (Wildman–Crippen LogP) is 17.9. The second kappa shape index (κ2) is 19.9. The van der Waals surface area contributed by atoms with Crippen LogP contribution in [-0.2, 0) is 0 Å². The van der Waals surface area contributed by atoms with E-state index in [2.05, 4.69) is 301 Å². The van der Waals surface area contributed by atoms with E-state index in [0.29, 0.717) is 0 Å². The van der Waals surface area contributed by atoms with Crippen LogP contribution in [0.3, 0.4) is 0 Å². The Morgan fingerprint density at radius 2 is 0.963 bits per heavy atom. The van der Waals surface area contributed by atoms with Crippen LogP contribution in [0.25, 0.3) is 77.6 Å². The summed E-state index contributed by atoms with van der Waals surface area (Å²) in [6.45, 7) is 7.25. The third-order valence-electron chi connectivity index (χ3n) is 16.8. The number of rotatable bonds is 10. The number of aromatic nitrogens is 2. The molecule has 2 aromatic heterocycles. The highest BCUT2D eigenvalue weighted by Gasteiger charge is 2.46. The average Bonchev–Trinajstić information content (AvgIpc) is 3.90. The Morgan fingerprint density at radius 1 is 0.469 bits per heavy atom. The van der Waals surface area contributed by atoms with Crippen molar-refractivity contribution in [1.82, 2.24) is 9.55 Å². The lowest BCUT2D eigenvalue weighted by Crippen LogP contribution is -2.62. The molecule has 382 valence electrons. The van der Waals surface area contributed by atoms with Crippen LogP contribution < -0.4 is 26.2 Å². The van der Waals surface area contributed by atoms with Crippen LogP contribution in [0.15, 0.2) is 303 Å². The van der Waals surface area contributed by atoms with Crippen LogP contribution >= 0.6 is 0 Å². The summed E-state index contributed by atoms with van der Waals surface area (Å²) in [5.41, 5.74) is 26.8. The van der Waals surface area contributed by atoms with E-state index in [1.165, 1.54) is 27.2 Å². The number of hydrogen-bond donors (Lipinski definition) is 0. The molecule has 0 fully saturated rings. The lowest BCUT2D eigenvalue weighted by Gasteiger charge is -2.46. The zero-order valence-electron chi connectivity index (χ0n) is 45.0. The number of allylic oxidation sites excluding steroid dienone is 5. The van der Waals surface area contributed by atoms with E-state index in [0.717, 1.165) is 130 Å². The standard InChI is InChI=1S/C76H55BN4/c1-51(53-25-9-3-10-26-53)75(52(2)54-27-11-4-12-28-54)80-70-45-59(55-29-13-5-14-30-55)41-43-66(70)77-67-44-42-60(56-31-15-6-16-32-56)46-71(67)81(76-64(57-33-17-7-18-34-57)49-78-50-65(76)58-35-19-8-20-36-58)73-48-61(47-72(80)74(73)77)79-68-39-23-21-37-62(68)63-38-22-24-40-69(63)79/h4-9,11-50H,1,3,10H2,2H3/b75-52-.